The van der Waals surface area contributed by atoms with Crippen LogP contribution in [-0.2, 0) is 33.2 Å². The minimum atomic E-state index is -1.98. The van der Waals surface area contributed by atoms with E-state index in [0.717, 1.165) is 57.8 Å². The second-order valence-corrected chi connectivity index (χ2v) is 23.6. The molecule has 1 amide bonds. The normalized spacial score (nSPS) is 29.6. The summed E-state index contributed by atoms with van der Waals surface area (Å²) in [5, 5.41) is 120. The van der Waals surface area contributed by atoms with E-state index in [1.54, 1.807) is 6.08 Å². The number of hydrogen-bond acceptors (Lipinski definition) is 18. The lowest BCUT2D eigenvalue weighted by atomic mass is 9.96. The molecule has 3 heterocycles. The van der Waals surface area contributed by atoms with Gasteiger partial charge in [-0.25, -0.2) is 0 Å². The largest absolute Gasteiger partial charge is 0.394 e. The molecule has 0 aliphatic carbocycles. The fourth-order valence-electron chi connectivity index (χ4n) is 11.0. The highest BCUT2D eigenvalue weighted by Crippen LogP contribution is 2.33. The number of allylic oxidation sites excluding steroid dienone is 5. The van der Waals surface area contributed by atoms with E-state index in [2.05, 4.69) is 43.5 Å². The maximum Gasteiger partial charge on any atom is 0.220 e. The van der Waals surface area contributed by atoms with Crippen molar-refractivity contribution in [2.24, 2.45) is 0 Å². The Balaban J connectivity index is 1.43. The third kappa shape index (κ3) is 30.2. The standard InChI is InChI=1S/C64H117NO18/c1-3-5-7-9-11-13-15-16-17-18-19-20-21-22-23-24-25-26-27-28-29-30-32-33-35-37-39-41-48(69)47(65-52(70)42-40-38-36-34-31-14-12-10-8-6-4-2)46-78-62-58(76)55(73)60(50(44-67)80-62)83-64-59(77)56(74)61(51(45-68)81-64)82-63-57(75)54(72)53(71)49(43-66)79-63/h10,12,32-33,39,41,47-51,53-64,66-69,71-77H,3-9,11,13-31,34-38,40,42-46H2,1-2H3,(H,65,70)/b12-10-,33-32+,41-39+. The average Bonchev–Trinajstić information content (AvgIpc) is 3.53. The molecule has 0 radical (unpaired) electrons. The third-order valence-electron chi connectivity index (χ3n) is 16.4. The number of aliphatic hydroxyl groups is 11. The molecule has 3 fully saturated rings. The number of nitrogens with one attached hydrogen (secondary N) is 1. The minimum Gasteiger partial charge on any atom is -0.394 e. The number of amides is 1. The van der Waals surface area contributed by atoms with Gasteiger partial charge in [-0.2, -0.15) is 0 Å². The van der Waals surface area contributed by atoms with Crippen LogP contribution in [0.2, 0.25) is 0 Å². The second-order valence-electron chi connectivity index (χ2n) is 23.6. The van der Waals surface area contributed by atoms with Crippen molar-refractivity contribution in [2.45, 2.75) is 336 Å². The molecule has 83 heavy (non-hydrogen) atoms. The van der Waals surface area contributed by atoms with E-state index >= 15 is 0 Å². The molecule has 17 atom stereocenters. The van der Waals surface area contributed by atoms with Crippen LogP contribution in [0.1, 0.15) is 232 Å². The molecule has 3 rings (SSSR count). The first kappa shape index (κ1) is 75.3. The Morgan fingerprint density at radius 1 is 0.422 bits per heavy atom. The van der Waals surface area contributed by atoms with Crippen molar-refractivity contribution in [3.05, 3.63) is 36.5 Å². The Morgan fingerprint density at radius 2 is 0.783 bits per heavy atom. The Labute approximate surface area is 498 Å². The smallest absolute Gasteiger partial charge is 0.220 e. The maximum absolute atomic E-state index is 13.3. The van der Waals surface area contributed by atoms with Gasteiger partial charge in [-0.05, 0) is 51.4 Å². The van der Waals surface area contributed by atoms with E-state index in [9.17, 15) is 61.0 Å². The topological polar surface area (TPSA) is 307 Å². The Hall–Kier alpha value is -1.99. The summed E-state index contributed by atoms with van der Waals surface area (Å²) >= 11 is 0. The van der Waals surface area contributed by atoms with Gasteiger partial charge in [0.15, 0.2) is 18.9 Å². The van der Waals surface area contributed by atoms with Crippen LogP contribution in [0, 0.1) is 0 Å². The molecule has 3 aliphatic heterocycles. The molecule has 0 spiro atoms. The highest BCUT2D eigenvalue weighted by molar-refractivity contribution is 5.76. The summed E-state index contributed by atoms with van der Waals surface area (Å²) in [5.74, 6) is -0.296. The zero-order chi connectivity index (χ0) is 60.5. The Morgan fingerprint density at radius 3 is 1.24 bits per heavy atom. The van der Waals surface area contributed by atoms with Gasteiger partial charge in [0, 0.05) is 6.42 Å². The maximum atomic E-state index is 13.3. The summed E-state index contributed by atoms with van der Waals surface area (Å²) < 4.78 is 34.2. The lowest BCUT2D eigenvalue weighted by Crippen LogP contribution is -2.66. The van der Waals surface area contributed by atoms with Crippen molar-refractivity contribution >= 4 is 5.91 Å². The van der Waals surface area contributed by atoms with Crippen LogP contribution in [0.5, 0.6) is 0 Å². The van der Waals surface area contributed by atoms with E-state index in [1.807, 2.05) is 6.08 Å². The van der Waals surface area contributed by atoms with Crippen LogP contribution in [0.3, 0.4) is 0 Å². The van der Waals surface area contributed by atoms with Gasteiger partial charge in [-0.15, -0.1) is 0 Å². The van der Waals surface area contributed by atoms with Crippen molar-refractivity contribution in [1.29, 1.82) is 0 Å². The molecule has 19 nitrogen and oxygen atoms in total. The molecule has 0 bridgehead atoms. The fraction of sp³-hybridized carbons (Fsp3) is 0.891. The molecular formula is C64H117NO18. The average molecular weight is 1190 g/mol. The summed E-state index contributed by atoms with van der Waals surface area (Å²) in [4.78, 5) is 13.3. The van der Waals surface area contributed by atoms with Gasteiger partial charge in [0.25, 0.3) is 0 Å². The van der Waals surface area contributed by atoms with Gasteiger partial charge >= 0.3 is 0 Å². The van der Waals surface area contributed by atoms with Crippen LogP contribution in [-0.4, -0.2) is 193 Å². The molecule has 0 aromatic carbocycles. The predicted octanol–water partition coefficient (Wildman–Crippen LogP) is 7.27. The molecular weight excluding hydrogens is 1070 g/mol. The number of unbranched alkanes of at least 4 members (excludes halogenated alkanes) is 29. The second kappa shape index (κ2) is 47.1. The van der Waals surface area contributed by atoms with E-state index in [-0.39, 0.29) is 18.9 Å². The molecule has 19 heteroatoms. The van der Waals surface area contributed by atoms with Gasteiger partial charge in [-0.1, -0.05) is 211 Å². The molecule has 12 N–H and O–H groups in total. The van der Waals surface area contributed by atoms with E-state index in [4.69, 9.17) is 28.4 Å². The Bertz CT molecular complexity index is 1660. The van der Waals surface area contributed by atoms with Crippen molar-refractivity contribution in [1.82, 2.24) is 5.32 Å². The molecule has 0 saturated carbocycles. The first-order valence-corrected chi connectivity index (χ1v) is 32.7. The Kier molecular flexibility index (Phi) is 42.7. The molecule has 3 saturated heterocycles. The van der Waals surface area contributed by atoms with Crippen molar-refractivity contribution < 1.29 is 89.4 Å². The lowest BCUT2D eigenvalue weighted by molar-refractivity contribution is -0.379. The van der Waals surface area contributed by atoms with E-state index in [0.29, 0.717) is 12.8 Å². The summed E-state index contributed by atoms with van der Waals surface area (Å²) in [7, 11) is 0. The van der Waals surface area contributed by atoms with Gasteiger partial charge < -0.3 is 89.9 Å². The van der Waals surface area contributed by atoms with Crippen LogP contribution in [0.25, 0.3) is 0 Å². The van der Waals surface area contributed by atoms with Crippen LogP contribution in [0.15, 0.2) is 36.5 Å². The zero-order valence-corrected chi connectivity index (χ0v) is 50.9. The van der Waals surface area contributed by atoms with Gasteiger partial charge in [0.1, 0.15) is 73.2 Å². The van der Waals surface area contributed by atoms with Crippen molar-refractivity contribution in [3.8, 4) is 0 Å². The highest BCUT2D eigenvalue weighted by Gasteiger charge is 2.53. The number of aliphatic hydroxyl groups excluding tert-OH is 11. The quantitative estimate of drug-likeness (QED) is 0.0211. The SMILES string of the molecule is CCCC/C=C\CCCCCCCC(=O)NC(COC1OC(CO)C(OC2OC(CO)C(OC3OC(CO)C(O)C(O)C3O)C(O)C2O)C(O)C1O)C(O)/C=C/CC/C=C/CCCCCCCCCCCCCCCCCCCCCCC. The van der Waals surface area contributed by atoms with Gasteiger partial charge in [-0.3, -0.25) is 4.79 Å². The lowest BCUT2D eigenvalue weighted by Gasteiger charge is -2.48. The molecule has 3 aliphatic rings. The van der Waals surface area contributed by atoms with Crippen LogP contribution < -0.4 is 5.32 Å². The van der Waals surface area contributed by atoms with E-state index in [1.165, 1.54) is 141 Å². The predicted molar refractivity (Wildman–Crippen MR) is 319 cm³/mol. The molecule has 486 valence electrons. The number of hydrogen-bond donors (Lipinski definition) is 12. The van der Waals surface area contributed by atoms with Gasteiger partial charge in [0.2, 0.25) is 5.91 Å². The number of ether oxygens (including phenoxy) is 6. The molecule has 0 aromatic rings. The summed E-state index contributed by atoms with van der Waals surface area (Å²) in [6.07, 6.45) is 25.8. The monoisotopic (exact) mass is 1190 g/mol. The van der Waals surface area contributed by atoms with Crippen molar-refractivity contribution in [3.63, 3.8) is 0 Å². The fourth-order valence-corrected chi connectivity index (χ4v) is 11.0. The van der Waals surface area contributed by atoms with Gasteiger partial charge in [0.05, 0.1) is 38.6 Å². The summed E-state index contributed by atoms with van der Waals surface area (Å²) in [5.41, 5.74) is 0. The highest BCUT2D eigenvalue weighted by atomic mass is 16.8. The van der Waals surface area contributed by atoms with E-state index < -0.39 is 124 Å². The van der Waals surface area contributed by atoms with Crippen LogP contribution >= 0.6 is 0 Å². The molecule has 17 unspecified atom stereocenters. The first-order valence-electron chi connectivity index (χ1n) is 32.7. The van der Waals surface area contributed by atoms with Crippen molar-refractivity contribution in [2.75, 3.05) is 26.4 Å². The summed E-state index contributed by atoms with van der Waals surface area (Å²) in [6.45, 7) is 1.66. The number of carbonyl (C=O) groups excluding carboxylic acids is 1. The third-order valence-corrected chi connectivity index (χ3v) is 16.4. The summed E-state index contributed by atoms with van der Waals surface area (Å²) in [6, 6.07) is -0.992. The minimum absolute atomic E-state index is 0.225. The zero-order valence-electron chi connectivity index (χ0n) is 50.9. The number of rotatable bonds is 49. The first-order chi connectivity index (χ1) is 40.3. The van der Waals surface area contributed by atoms with Crippen LogP contribution in [0.4, 0.5) is 0 Å². The molecule has 0 aromatic heterocycles. The number of carbonyl (C=O) groups is 1.